The lowest BCUT2D eigenvalue weighted by Crippen LogP contribution is -2.31. The number of carbonyl (C=O) groups is 1. The summed E-state index contributed by atoms with van der Waals surface area (Å²) in [6, 6.07) is 8.25. The fourth-order valence-corrected chi connectivity index (χ4v) is 6.93. The Morgan fingerprint density at radius 1 is 1.20 bits per heavy atom. The van der Waals surface area contributed by atoms with Crippen molar-refractivity contribution in [2.75, 3.05) is 20.3 Å². The lowest BCUT2D eigenvalue weighted by atomic mass is 9.97. The highest BCUT2D eigenvalue weighted by atomic mass is 32.2. The number of nitrogens with zero attached hydrogens (tertiary/aromatic N) is 1. The Morgan fingerprint density at radius 3 is 2.60 bits per heavy atom. The first-order valence-corrected chi connectivity index (χ1v) is 13.8. The predicted octanol–water partition coefficient (Wildman–Crippen LogP) is 4.54. The third-order valence-electron chi connectivity index (χ3n) is 6.49. The number of thiophene rings is 1. The molecule has 1 aliphatic heterocycles. The zero-order valence-corrected chi connectivity index (χ0v) is 20.9. The van der Waals surface area contributed by atoms with Gasteiger partial charge in [0.25, 0.3) is 5.56 Å². The van der Waals surface area contributed by atoms with Crippen LogP contribution < -0.4 is 10.3 Å². The molecule has 10 heteroatoms. The summed E-state index contributed by atoms with van der Waals surface area (Å²) >= 11 is 1.50. The van der Waals surface area contributed by atoms with E-state index in [4.69, 9.17) is 9.47 Å². The van der Waals surface area contributed by atoms with Gasteiger partial charge in [-0.3, -0.25) is 4.79 Å². The van der Waals surface area contributed by atoms with E-state index in [1.54, 1.807) is 19.2 Å². The number of aromatic carboxylic acids is 1. The maximum atomic E-state index is 13.6. The second kappa shape index (κ2) is 8.92. The van der Waals surface area contributed by atoms with E-state index in [-0.39, 0.29) is 10.9 Å². The number of fused-ring (bicyclic) bond motifs is 3. The van der Waals surface area contributed by atoms with Crippen LogP contribution in [-0.2, 0) is 14.6 Å². The summed E-state index contributed by atoms with van der Waals surface area (Å²) in [5.74, 6) is -0.911. The van der Waals surface area contributed by atoms with E-state index >= 15 is 0 Å². The van der Waals surface area contributed by atoms with E-state index in [0.29, 0.717) is 42.2 Å². The molecular formula is C25H25NO7S2. The molecule has 0 bridgehead atoms. The smallest absolute Gasteiger partial charge is 0.341 e. The summed E-state index contributed by atoms with van der Waals surface area (Å²) in [6.45, 7) is 2.41. The lowest BCUT2D eigenvalue weighted by molar-refractivity contribution is 0.0694. The van der Waals surface area contributed by atoms with E-state index < -0.39 is 32.2 Å². The molecule has 3 heterocycles. The molecule has 5 rings (SSSR count). The minimum absolute atomic E-state index is 0.0939. The molecule has 184 valence electrons. The van der Waals surface area contributed by atoms with Crippen LogP contribution in [0.5, 0.6) is 5.75 Å². The summed E-state index contributed by atoms with van der Waals surface area (Å²) in [6.07, 6.45) is 2.12. The van der Waals surface area contributed by atoms with E-state index in [9.17, 15) is 23.1 Å². The van der Waals surface area contributed by atoms with Crippen molar-refractivity contribution in [1.82, 2.24) is 4.57 Å². The Morgan fingerprint density at radius 2 is 1.97 bits per heavy atom. The summed E-state index contributed by atoms with van der Waals surface area (Å²) in [5.41, 5.74) is 0.956. The predicted molar refractivity (Wildman–Crippen MR) is 132 cm³/mol. The van der Waals surface area contributed by atoms with Gasteiger partial charge in [0.1, 0.15) is 11.3 Å². The number of ether oxygens (including phenoxy) is 2. The number of carboxylic acid groups (broad SMARTS) is 1. The molecule has 0 spiro atoms. The zero-order chi connectivity index (χ0) is 24.9. The molecule has 1 saturated carbocycles. The van der Waals surface area contributed by atoms with Gasteiger partial charge in [-0.25, -0.2) is 13.2 Å². The number of rotatable bonds is 8. The quantitative estimate of drug-likeness (QED) is 0.438. The molecule has 1 fully saturated rings. The molecule has 2 aliphatic rings. The van der Waals surface area contributed by atoms with Gasteiger partial charge in [-0.15, -0.1) is 11.3 Å². The first-order valence-electron chi connectivity index (χ1n) is 11.4. The Hall–Kier alpha value is -2.95. The number of sulfone groups is 1. The van der Waals surface area contributed by atoms with Crippen molar-refractivity contribution in [3.8, 4) is 27.4 Å². The molecule has 0 amide bonds. The largest absolute Gasteiger partial charge is 0.493 e. The molecule has 1 N–H and O–H groups in total. The van der Waals surface area contributed by atoms with Crippen molar-refractivity contribution >= 4 is 27.1 Å². The molecule has 2 aromatic heterocycles. The second-order valence-electron chi connectivity index (χ2n) is 8.78. The minimum Gasteiger partial charge on any atom is -0.493 e. The van der Waals surface area contributed by atoms with Gasteiger partial charge in [-0.1, -0.05) is 6.07 Å². The summed E-state index contributed by atoms with van der Waals surface area (Å²) in [7, 11) is -2.26. The highest BCUT2D eigenvalue weighted by molar-refractivity contribution is 7.92. The number of carboxylic acids is 1. The van der Waals surface area contributed by atoms with Crippen LogP contribution in [-0.4, -0.2) is 44.4 Å². The second-order valence-corrected chi connectivity index (χ2v) is 12.0. The number of aromatic nitrogens is 1. The number of pyridine rings is 1. The van der Waals surface area contributed by atoms with E-state index in [2.05, 4.69) is 0 Å². The number of benzene rings is 1. The van der Waals surface area contributed by atoms with Crippen LogP contribution in [0.4, 0.5) is 0 Å². The zero-order valence-electron chi connectivity index (χ0n) is 19.3. The molecule has 3 aromatic rings. The van der Waals surface area contributed by atoms with Crippen LogP contribution >= 0.6 is 11.3 Å². The van der Waals surface area contributed by atoms with E-state index in [1.807, 2.05) is 17.5 Å². The van der Waals surface area contributed by atoms with E-state index in [0.717, 1.165) is 23.3 Å². The van der Waals surface area contributed by atoms with Gasteiger partial charge in [0.2, 0.25) is 0 Å². The monoisotopic (exact) mass is 515 g/mol. The fraction of sp³-hybridized carbons (Fsp3) is 0.360. The van der Waals surface area contributed by atoms with Crippen LogP contribution in [0.25, 0.3) is 21.7 Å². The average molecular weight is 516 g/mol. The molecule has 1 unspecified atom stereocenters. The van der Waals surface area contributed by atoms with Gasteiger partial charge >= 0.3 is 5.97 Å². The molecule has 0 radical (unpaired) electrons. The van der Waals surface area contributed by atoms with Gasteiger partial charge in [0.15, 0.2) is 9.84 Å². The average Bonchev–Trinajstić information content (AvgIpc) is 3.51. The highest BCUT2D eigenvalue weighted by Gasteiger charge is 2.41. The standard InChI is InChI=1S/C25H25NO7S2/c1-14-16-11-19(25(28)29)24(27)26(15-6-7-15)23(16)18-12-17(21-5-3-10-34-21)20(33-9-4-8-32-2)13-22(18)35(14,30)31/h3,5,10-15H,4,6-9H2,1-2H3,(H,28,29). The number of hydrogen-bond acceptors (Lipinski definition) is 7. The summed E-state index contributed by atoms with van der Waals surface area (Å²) in [4.78, 5) is 26.0. The maximum absolute atomic E-state index is 13.6. The molecule has 35 heavy (non-hydrogen) atoms. The van der Waals surface area contributed by atoms with Gasteiger partial charge in [-0.05, 0) is 48.9 Å². The first-order chi connectivity index (χ1) is 16.8. The third-order valence-corrected chi connectivity index (χ3v) is 9.53. The van der Waals surface area contributed by atoms with Crippen molar-refractivity contribution in [1.29, 1.82) is 0 Å². The van der Waals surface area contributed by atoms with Gasteiger partial charge < -0.3 is 19.1 Å². The Bertz CT molecular complexity index is 1470. The fourth-order valence-electron chi connectivity index (χ4n) is 4.55. The normalized spacial score (nSPS) is 18.1. The third kappa shape index (κ3) is 3.99. The minimum atomic E-state index is -3.86. The van der Waals surface area contributed by atoms with Crippen LogP contribution in [0.15, 0.2) is 45.4 Å². The van der Waals surface area contributed by atoms with Crippen molar-refractivity contribution < 1.29 is 27.8 Å². The van der Waals surface area contributed by atoms with Crippen LogP contribution in [0.1, 0.15) is 53.4 Å². The Kier molecular flexibility index (Phi) is 6.06. The van der Waals surface area contributed by atoms with Crippen molar-refractivity contribution in [2.45, 2.75) is 42.4 Å². The van der Waals surface area contributed by atoms with Gasteiger partial charge in [-0.2, -0.15) is 0 Å². The molecule has 1 aliphatic carbocycles. The van der Waals surface area contributed by atoms with Gasteiger partial charge in [0, 0.05) is 48.2 Å². The van der Waals surface area contributed by atoms with Crippen molar-refractivity contribution in [2.24, 2.45) is 0 Å². The van der Waals surface area contributed by atoms with Crippen LogP contribution in [0.3, 0.4) is 0 Å². The summed E-state index contributed by atoms with van der Waals surface area (Å²) < 4.78 is 39.9. The van der Waals surface area contributed by atoms with Crippen molar-refractivity contribution in [3.63, 3.8) is 0 Å². The topological polar surface area (TPSA) is 112 Å². The molecule has 8 nitrogen and oxygen atoms in total. The molecule has 1 aromatic carbocycles. The van der Waals surface area contributed by atoms with E-state index in [1.165, 1.54) is 28.9 Å². The van der Waals surface area contributed by atoms with Crippen LogP contribution in [0.2, 0.25) is 0 Å². The molecule has 1 atom stereocenters. The SMILES string of the molecule is COCCCOc1cc2c(cc1-c1cccs1)-c1c(cc(C(=O)O)c(=O)n1C1CC1)C(C)S2(=O)=O. The molecular weight excluding hydrogens is 490 g/mol. The number of hydrogen-bond donors (Lipinski definition) is 1. The Balaban J connectivity index is 1.80. The van der Waals surface area contributed by atoms with Crippen LogP contribution in [0, 0.1) is 0 Å². The Labute approximate surface area is 206 Å². The molecule has 0 saturated heterocycles. The lowest BCUT2D eigenvalue weighted by Gasteiger charge is -2.29. The maximum Gasteiger partial charge on any atom is 0.341 e. The van der Waals surface area contributed by atoms with Crippen molar-refractivity contribution in [3.05, 3.63) is 57.2 Å². The van der Waals surface area contributed by atoms with Gasteiger partial charge in [0.05, 0.1) is 22.4 Å². The highest BCUT2D eigenvalue weighted by Crippen LogP contribution is 2.50. The summed E-state index contributed by atoms with van der Waals surface area (Å²) in [5, 5.41) is 10.6. The first kappa shape index (κ1) is 23.8. The number of methoxy groups -OCH3 is 1.